The molecule has 1 aliphatic rings. The van der Waals surface area contributed by atoms with Crippen LogP contribution in [0.4, 0.5) is 19.1 Å². The molecule has 0 amide bonds. The number of nitrogens with zero attached hydrogens (tertiary/aromatic N) is 2. The molecule has 1 aliphatic carbocycles. The first kappa shape index (κ1) is 13.2. The summed E-state index contributed by atoms with van der Waals surface area (Å²) in [5.41, 5.74) is 0. The predicted octanol–water partition coefficient (Wildman–Crippen LogP) is 3.58. The summed E-state index contributed by atoms with van der Waals surface area (Å²) >= 11 is 0. The Morgan fingerprint density at radius 2 is 2.00 bits per heavy atom. The van der Waals surface area contributed by atoms with E-state index in [1.807, 2.05) is 0 Å². The van der Waals surface area contributed by atoms with Gasteiger partial charge >= 0.3 is 6.18 Å². The van der Waals surface area contributed by atoms with E-state index in [9.17, 15) is 13.2 Å². The number of imidazole rings is 1. The summed E-state index contributed by atoms with van der Waals surface area (Å²) in [6.07, 6.45) is 3.97. The molecule has 1 heterocycles. The van der Waals surface area contributed by atoms with E-state index in [4.69, 9.17) is 0 Å². The molecule has 1 aromatic heterocycles. The fourth-order valence-corrected chi connectivity index (χ4v) is 2.31. The molecule has 0 unspecified atom stereocenters. The first-order chi connectivity index (χ1) is 8.54. The van der Waals surface area contributed by atoms with Gasteiger partial charge in [0.25, 0.3) is 0 Å². The number of nitrogens with one attached hydrogen (secondary N) is 1. The number of aromatic nitrogens is 2. The van der Waals surface area contributed by atoms with Crippen molar-refractivity contribution >= 4 is 5.95 Å². The fourth-order valence-electron chi connectivity index (χ4n) is 2.31. The molecular formula is C12H18F3N3. The van der Waals surface area contributed by atoms with Crippen molar-refractivity contribution in [3.8, 4) is 0 Å². The second-order valence-corrected chi connectivity index (χ2v) is 4.79. The van der Waals surface area contributed by atoms with E-state index >= 15 is 0 Å². The van der Waals surface area contributed by atoms with Gasteiger partial charge in [-0.25, -0.2) is 4.98 Å². The van der Waals surface area contributed by atoms with Gasteiger partial charge in [-0.2, -0.15) is 13.2 Å². The number of hydrogen-bond acceptors (Lipinski definition) is 2. The smallest absolute Gasteiger partial charge is 0.353 e. The number of anilines is 1. The highest BCUT2D eigenvalue weighted by molar-refractivity contribution is 5.27. The van der Waals surface area contributed by atoms with Gasteiger partial charge in [-0.3, -0.25) is 0 Å². The number of rotatable bonds is 4. The van der Waals surface area contributed by atoms with Crippen molar-refractivity contribution in [3.63, 3.8) is 0 Å². The van der Waals surface area contributed by atoms with Crippen LogP contribution in [0.3, 0.4) is 0 Å². The molecule has 18 heavy (non-hydrogen) atoms. The average molecular weight is 261 g/mol. The lowest BCUT2D eigenvalue weighted by molar-refractivity contribution is -0.136. The van der Waals surface area contributed by atoms with Crippen LogP contribution in [0.15, 0.2) is 12.4 Å². The molecule has 6 heteroatoms. The number of alkyl halides is 3. The van der Waals surface area contributed by atoms with Crippen molar-refractivity contribution in [2.75, 3.05) is 5.32 Å². The van der Waals surface area contributed by atoms with E-state index < -0.39 is 12.6 Å². The summed E-state index contributed by atoms with van der Waals surface area (Å²) in [7, 11) is 0. The van der Waals surface area contributed by atoms with Crippen LogP contribution in [0.2, 0.25) is 0 Å². The SMILES string of the molecule is FC(F)(F)CCn1ccnc1NC1CCCCC1. The van der Waals surface area contributed by atoms with Gasteiger partial charge < -0.3 is 9.88 Å². The van der Waals surface area contributed by atoms with Crippen LogP contribution >= 0.6 is 0 Å². The Morgan fingerprint density at radius 1 is 1.28 bits per heavy atom. The van der Waals surface area contributed by atoms with E-state index in [1.54, 1.807) is 17.0 Å². The predicted molar refractivity (Wildman–Crippen MR) is 63.4 cm³/mol. The molecule has 1 N–H and O–H groups in total. The highest BCUT2D eigenvalue weighted by Gasteiger charge is 2.27. The molecule has 0 radical (unpaired) electrons. The van der Waals surface area contributed by atoms with Gasteiger partial charge in [0.2, 0.25) is 5.95 Å². The largest absolute Gasteiger partial charge is 0.390 e. The standard InChI is InChI=1S/C12H18F3N3/c13-12(14,15)6-8-18-9-7-16-11(18)17-10-4-2-1-3-5-10/h7,9-10H,1-6,8H2,(H,16,17). The van der Waals surface area contributed by atoms with Crippen LogP contribution in [0.25, 0.3) is 0 Å². The third-order valence-corrected chi connectivity index (χ3v) is 3.29. The molecule has 1 saturated carbocycles. The summed E-state index contributed by atoms with van der Waals surface area (Å²) in [6, 6.07) is 0.353. The zero-order chi connectivity index (χ0) is 13.0. The third-order valence-electron chi connectivity index (χ3n) is 3.29. The molecule has 2 rings (SSSR count). The Kier molecular flexibility index (Phi) is 4.14. The molecule has 0 spiro atoms. The lowest BCUT2D eigenvalue weighted by atomic mass is 9.96. The molecule has 1 aromatic rings. The first-order valence-electron chi connectivity index (χ1n) is 6.39. The van der Waals surface area contributed by atoms with E-state index in [0.29, 0.717) is 12.0 Å². The Morgan fingerprint density at radius 3 is 2.67 bits per heavy atom. The van der Waals surface area contributed by atoms with E-state index in [0.717, 1.165) is 12.8 Å². The van der Waals surface area contributed by atoms with Crippen LogP contribution in [0, 0.1) is 0 Å². The Balaban J connectivity index is 1.90. The summed E-state index contributed by atoms with van der Waals surface area (Å²) in [4.78, 5) is 4.10. The van der Waals surface area contributed by atoms with Gasteiger partial charge in [-0.1, -0.05) is 19.3 Å². The van der Waals surface area contributed by atoms with Crippen molar-refractivity contribution < 1.29 is 13.2 Å². The minimum Gasteiger partial charge on any atom is -0.353 e. The maximum Gasteiger partial charge on any atom is 0.390 e. The van der Waals surface area contributed by atoms with Gasteiger partial charge in [0.1, 0.15) is 0 Å². The average Bonchev–Trinajstić information content (AvgIpc) is 2.74. The lowest BCUT2D eigenvalue weighted by Crippen LogP contribution is -2.24. The Labute approximate surface area is 104 Å². The highest BCUT2D eigenvalue weighted by Crippen LogP contribution is 2.23. The molecular weight excluding hydrogens is 243 g/mol. The van der Waals surface area contributed by atoms with Gasteiger partial charge in [-0.05, 0) is 12.8 Å². The van der Waals surface area contributed by atoms with E-state index in [1.165, 1.54) is 19.3 Å². The summed E-state index contributed by atoms with van der Waals surface area (Å²) in [6.45, 7) is -0.0709. The molecule has 0 aliphatic heterocycles. The second-order valence-electron chi connectivity index (χ2n) is 4.79. The van der Waals surface area contributed by atoms with E-state index in [-0.39, 0.29) is 6.54 Å². The molecule has 0 bridgehead atoms. The zero-order valence-corrected chi connectivity index (χ0v) is 10.2. The van der Waals surface area contributed by atoms with Gasteiger partial charge in [0, 0.05) is 25.0 Å². The molecule has 0 atom stereocenters. The normalized spacial score (nSPS) is 17.9. The van der Waals surface area contributed by atoms with Gasteiger partial charge in [-0.15, -0.1) is 0 Å². The van der Waals surface area contributed by atoms with Crippen molar-refractivity contribution in [1.29, 1.82) is 0 Å². The Hall–Kier alpha value is -1.20. The molecule has 0 aromatic carbocycles. The molecule has 0 saturated heterocycles. The van der Waals surface area contributed by atoms with Crippen LogP contribution in [-0.4, -0.2) is 21.8 Å². The molecule has 102 valence electrons. The summed E-state index contributed by atoms with van der Waals surface area (Å²) < 4.78 is 38.1. The zero-order valence-electron chi connectivity index (χ0n) is 10.2. The number of hydrogen-bond donors (Lipinski definition) is 1. The van der Waals surface area contributed by atoms with Crippen LogP contribution in [0.5, 0.6) is 0 Å². The van der Waals surface area contributed by atoms with Gasteiger partial charge in [0.15, 0.2) is 0 Å². The maximum atomic E-state index is 12.2. The van der Waals surface area contributed by atoms with Crippen LogP contribution in [-0.2, 0) is 6.54 Å². The van der Waals surface area contributed by atoms with Gasteiger partial charge in [0.05, 0.1) is 6.42 Å². The topological polar surface area (TPSA) is 29.9 Å². The second kappa shape index (κ2) is 5.63. The number of halogens is 3. The first-order valence-corrected chi connectivity index (χ1v) is 6.39. The van der Waals surface area contributed by atoms with Crippen molar-refractivity contribution in [2.24, 2.45) is 0 Å². The summed E-state index contributed by atoms with van der Waals surface area (Å²) in [5.74, 6) is 0.561. The molecule has 3 nitrogen and oxygen atoms in total. The minimum atomic E-state index is -4.12. The number of aryl methyl sites for hydroxylation is 1. The Bertz CT molecular complexity index is 367. The minimum absolute atomic E-state index is 0.0709. The van der Waals surface area contributed by atoms with Crippen LogP contribution < -0.4 is 5.32 Å². The maximum absolute atomic E-state index is 12.2. The molecule has 1 fully saturated rings. The fraction of sp³-hybridized carbons (Fsp3) is 0.750. The lowest BCUT2D eigenvalue weighted by Gasteiger charge is -2.23. The van der Waals surface area contributed by atoms with Crippen molar-refractivity contribution in [3.05, 3.63) is 12.4 Å². The highest BCUT2D eigenvalue weighted by atomic mass is 19.4. The van der Waals surface area contributed by atoms with Crippen molar-refractivity contribution in [2.45, 2.75) is 57.3 Å². The van der Waals surface area contributed by atoms with Crippen molar-refractivity contribution in [1.82, 2.24) is 9.55 Å². The third kappa shape index (κ3) is 3.92. The van der Waals surface area contributed by atoms with Crippen LogP contribution in [0.1, 0.15) is 38.5 Å². The van der Waals surface area contributed by atoms with E-state index in [2.05, 4.69) is 10.3 Å². The monoisotopic (exact) mass is 261 g/mol. The summed E-state index contributed by atoms with van der Waals surface area (Å²) in [5, 5.41) is 3.25. The quantitative estimate of drug-likeness (QED) is 0.897.